The molecule has 0 heterocycles. The monoisotopic (exact) mass is 437 g/mol. The number of hydrogen-bond donors (Lipinski definition) is 0. The molecular formula is C17H29ClO2PPd. The molecule has 0 spiro atoms. The van der Waals surface area contributed by atoms with Crippen LogP contribution in [0.2, 0.25) is 0 Å². The summed E-state index contributed by atoms with van der Waals surface area (Å²) in [7, 11) is 3.03. The van der Waals surface area contributed by atoms with Gasteiger partial charge in [-0.15, -0.1) is 0 Å². The fraction of sp³-hybridized carbons (Fsp3) is 0.647. The van der Waals surface area contributed by atoms with Gasteiger partial charge in [0.2, 0.25) is 0 Å². The van der Waals surface area contributed by atoms with Crippen molar-refractivity contribution < 1.29 is 28.7 Å². The molecule has 0 bridgehead atoms. The first kappa shape index (κ1) is 22.2. The van der Waals surface area contributed by atoms with E-state index >= 15 is 0 Å². The van der Waals surface area contributed by atoms with Crippen molar-refractivity contribution in [3.8, 4) is 11.5 Å². The second kappa shape index (κ2) is 9.49. The van der Waals surface area contributed by atoms with E-state index in [1.165, 1.54) is 5.30 Å². The van der Waals surface area contributed by atoms with Crippen molar-refractivity contribution in [2.45, 2.75) is 51.9 Å². The van der Waals surface area contributed by atoms with E-state index in [2.05, 4.69) is 60.7 Å². The molecule has 2 nitrogen and oxygen atoms in total. The Bertz CT molecular complexity index is 417. The van der Waals surface area contributed by atoms with E-state index in [-0.39, 0.29) is 10.3 Å². The molecule has 131 valence electrons. The molecule has 0 unspecified atom stereocenters. The van der Waals surface area contributed by atoms with E-state index in [0.717, 1.165) is 11.5 Å². The van der Waals surface area contributed by atoms with E-state index in [9.17, 15) is 0 Å². The minimum absolute atomic E-state index is 0.190. The van der Waals surface area contributed by atoms with Crippen LogP contribution in [0.4, 0.5) is 0 Å². The fourth-order valence-corrected chi connectivity index (χ4v) is 6.86. The molecule has 0 aliphatic heterocycles. The van der Waals surface area contributed by atoms with Gasteiger partial charge in [0.1, 0.15) is 11.5 Å². The summed E-state index contributed by atoms with van der Waals surface area (Å²) in [5.74, 6) is 1.88. The maximum atomic E-state index is 5.60. The van der Waals surface area contributed by atoms with E-state index in [0.29, 0.717) is 4.35 Å². The summed E-state index contributed by atoms with van der Waals surface area (Å²) >= 11 is 7.64. The first-order valence-corrected chi connectivity index (χ1v) is 10.1. The maximum absolute atomic E-state index is 5.60. The van der Waals surface area contributed by atoms with Crippen molar-refractivity contribution in [3.05, 3.63) is 18.2 Å². The van der Waals surface area contributed by atoms with Crippen molar-refractivity contribution in [1.29, 1.82) is 0 Å². The molecule has 1 aromatic carbocycles. The van der Waals surface area contributed by atoms with Gasteiger partial charge in [0.15, 0.2) is 0 Å². The zero-order chi connectivity index (χ0) is 17.6. The minimum atomic E-state index is -0.441. The van der Waals surface area contributed by atoms with Gasteiger partial charge in [-0.2, -0.15) is 0 Å². The molecule has 0 aromatic heterocycles. The van der Waals surface area contributed by atoms with Crippen molar-refractivity contribution >= 4 is 24.8 Å². The normalized spacial score (nSPS) is 11.8. The van der Waals surface area contributed by atoms with Crippen molar-refractivity contribution in [2.24, 2.45) is 0 Å². The summed E-state index contributed by atoms with van der Waals surface area (Å²) in [4.78, 5) is 0. The number of halogens is 1. The zero-order valence-corrected chi connectivity index (χ0v) is 18.1. The summed E-state index contributed by atoms with van der Waals surface area (Å²) in [6, 6.07) is 6.05. The van der Waals surface area contributed by atoms with Gasteiger partial charge in [-0.05, 0) is 22.4 Å². The quantitative estimate of drug-likeness (QED) is 0.370. The number of hydrogen-bond acceptors (Lipinski definition) is 2. The summed E-state index contributed by atoms with van der Waals surface area (Å²) in [6.07, 6.45) is 0. The van der Waals surface area contributed by atoms with Gasteiger partial charge in [-0.3, -0.25) is 0 Å². The second-order valence-corrected chi connectivity index (χ2v) is 12.0. The third kappa shape index (κ3) is 6.37. The standard InChI is InChI=1S/C16H27O2P.CH2Cl.Pd/c1-15(2,3)19(16(4,5)6)14-12(17-7)10-9-11-13(14)18-8;1-2;/h9-11H,1-8H3;1H2;. The Balaban J connectivity index is 0.00000135. The first-order chi connectivity index (χ1) is 10.0. The van der Waals surface area contributed by atoms with E-state index in [1.54, 1.807) is 14.2 Å². The van der Waals surface area contributed by atoms with Crippen LogP contribution in [0.1, 0.15) is 41.5 Å². The van der Waals surface area contributed by atoms with Gasteiger partial charge in [-0.25, -0.2) is 0 Å². The molecule has 0 saturated carbocycles. The summed E-state index contributed by atoms with van der Waals surface area (Å²) in [6.45, 7) is 13.8. The third-order valence-electron chi connectivity index (χ3n) is 2.97. The second-order valence-electron chi connectivity index (χ2n) is 6.77. The number of benzene rings is 1. The van der Waals surface area contributed by atoms with E-state index in [1.807, 2.05) is 18.2 Å². The molecule has 0 N–H and O–H groups in total. The van der Waals surface area contributed by atoms with Gasteiger partial charge in [0, 0.05) is 0 Å². The Morgan fingerprint density at radius 1 is 0.955 bits per heavy atom. The van der Waals surface area contributed by atoms with Gasteiger partial charge < -0.3 is 9.47 Å². The number of methoxy groups -OCH3 is 2. The number of alkyl halides is 1. The van der Waals surface area contributed by atoms with Crippen LogP contribution in [-0.4, -0.2) is 28.9 Å². The molecule has 1 rings (SSSR count). The molecule has 5 heteroatoms. The first-order valence-electron chi connectivity index (χ1n) is 7.13. The van der Waals surface area contributed by atoms with Gasteiger partial charge >= 0.3 is 35.2 Å². The molecule has 0 fully saturated rings. The SMILES string of the molecule is COc1cccc(OC)c1P(C(C)(C)C)C(C)(C)C.Cl[CH2][Pd]. The molecule has 1 aromatic rings. The average molecular weight is 438 g/mol. The average Bonchev–Trinajstić information content (AvgIpc) is 2.36. The molecule has 0 atom stereocenters. The van der Waals surface area contributed by atoms with Gasteiger partial charge in [0.25, 0.3) is 0 Å². The Kier molecular flexibility index (Phi) is 9.57. The van der Waals surface area contributed by atoms with E-state index < -0.39 is 7.92 Å². The molecule has 0 aliphatic rings. The van der Waals surface area contributed by atoms with Crippen LogP contribution in [0.3, 0.4) is 0 Å². The van der Waals surface area contributed by atoms with Crippen LogP contribution in [0.5, 0.6) is 11.5 Å². The fourth-order valence-electron chi connectivity index (χ4n) is 2.73. The Labute approximate surface area is 153 Å². The van der Waals surface area contributed by atoms with Gasteiger partial charge in [0.05, 0.1) is 19.5 Å². The predicted molar refractivity (Wildman–Crippen MR) is 96.3 cm³/mol. The van der Waals surface area contributed by atoms with Crippen molar-refractivity contribution in [1.82, 2.24) is 0 Å². The Morgan fingerprint density at radius 3 is 1.50 bits per heavy atom. The van der Waals surface area contributed by atoms with Gasteiger partial charge in [-0.1, -0.05) is 55.5 Å². The van der Waals surface area contributed by atoms with Crippen LogP contribution >= 0.6 is 19.5 Å². The summed E-state index contributed by atoms with van der Waals surface area (Å²) < 4.78 is 11.8. The van der Waals surface area contributed by atoms with E-state index in [4.69, 9.17) is 21.1 Å². The molecule has 0 amide bonds. The predicted octanol–water partition coefficient (Wildman–Crippen LogP) is 5.14. The summed E-state index contributed by atoms with van der Waals surface area (Å²) in [5, 5.41) is 1.62. The third-order valence-corrected chi connectivity index (χ3v) is 6.54. The van der Waals surface area contributed by atoms with Crippen molar-refractivity contribution in [2.75, 3.05) is 18.6 Å². The van der Waals surface area contributed by atoms with Crippen LogP contribution in [-0.2, 0) is 19.2 Å². The molecule has 22 heavy (non-hydrogen) atoms. The van der Waals surface area contributed by atoms with Crippen LogP contribution in [0, 0.1) is 0 Å². The number of rotatable bonds is 3. The molecule has 0 aliphatic carbocycles. The zero-order valence-electron chi connectivity index (χ0n) is 14.9. The molecule has 0 radical (unpaired) electrons. The Hall–Kier alpha value is 0.202. The van der Waals surface area contributed by atoms with Crippen LogP contribution in [0.25, 0.3) is 0 Å². The van der Waals surface area contributed by atoms with Crippen molar-refractivity contribution in [3.63, 3.8) is 0 Å². The summed E-state index contributed by atoms with van der Waals surface area (Å²) in [5.41, 5.74) is 0. The molecular weight excluding hydrogens is 409 g/mol. The number of ether oxygens (including phenoxy) is 2. The van der Waals surface area contributed by atoms with Crippen LogP contribution < -0.4 is 14.8 Å². The topological polar surface area (TPSA) is 18.5 Å². The van der Waals surface area contributed by atoms with Crippen LogP contribution in [0.15, 0.2) is 18.2 Å². The molecule has 0 saturated heterocycles. The Morgan fingerprint density at radius 2 is 1.27 bits per heavy atom.